The van der Waals surface area contributed by atoms with Crippen molar-refractivity contribution in [3.8, 4) is 11.1 Å². The Kier molecular flexibility index (Phi) is 3.52. The highest BCUT2D eigenvalue weighted by molar-refractivity contribution is 5.94. The van der Waals surface area contributed by atoms with Crippen LogP contribution >= 0.6 is 0 Å². The van der Waals surface area contributed by atoms with Crippen molar-refractivity contribution in [1.82, 2.24) is 15.4 Å². The van der Waals surface area contributed by atoms with Crippen LogP contribution in [0.25, 0.3) is 22.0 Å². The van der Waals surface area contributed by atoms with Gasteiger partial charge in [0.1, 0.15) is 5.82 Å². The standard InChI is InChI=1S/C20H21N5/c1-2-8-25(9-3-1)19-6-7-21-18-5-4-14(11-17(18)19)15-10-16-13-23-24-20(16)22-12-15/h4-7,10-12,23H,1-3,8-9,13H2,(H,22,24). The molecule has 25 heavy (non-hydrogen) atoms. The predicted octanol–water partition coefficient (Wildman–Crippen LogP) is 3.72. The molecule has 2 N–H and O–H groups in total. The summed E-state index contributed by atoms with van der Waals surface area (Å²) in [6.07, 6.45) is 7.77. The fourth-order valence-electron chi connectivity index (χ4n) is 3.86. The Labute approximate surface area is 147 Å². The van der Waals surface area contributed by atoms with Gasteiger partial charge in [-0.1, -0.05) is 6.07 Å². The average Bonchev–Trinajstić information content (AvgIpc) is 3.15. The molecule has 5 nitrogen and oxygen atoms in total. The van der Waals surface area contributed by atoms with Gasteiger partial charge in [0.05, 0.1) is 5.52 Å². The Bertz CT molecular complexity index is 931. The van der Waals surface area contributed by atoms with E-state index in [4.69, 9.17) is 0 Å². The minimum atomic E-state index is 0.810. The van der Waals surface area contributed by atoms with E-state index in [1.807, 2.05) is 12.4 Å². The van der Waals surface area contributed by atoms with Gasteiger partial charge in [-0.3, -0.25) is 4.98 Å². The third-order valence-electron chi connectivity index (χ3n) is 5.20. The van der Waals surface area contributed by atoms with Gasteiger partial charge >= 0.3 is 0 Å². The Morgan fingerprint density at radius 3 is 2.76 bits per heavy atom. The minimum absolute atomic E-state index is 0.810. The van der Waals surface area contributed by atoms with Crippen LogP contribution in [-0.4, -0.2) is 23.1 Å². The predicted molar refractivity (Wildman–Crippen MR) is 102 cm³/mol. The molecule has 0 aliphatic carbocycles. The smallest absolute Gasteiger partial charge is 0.144 e. The molecule has 0 spiro atoms. The number of piperidine rings is 1. The molecule has 2 aromatic heterocycles. The maximum absolute atomic E-state index is 4.57. The van der Waals surface area contributed by atoms with E-state index < -0.39 is 0 Å². The molecule has 1 saturated heterocycles. The Morgan fingerprint density at radius 2 is 1.84 bits per heavy atom. The van der Waals surface area contributed by atoms with E-state index in [-0.39, 0.29) is 0 Å². The Balaban J connectivity index is 1.60. The summed E-state index contributed by atoms with van der Waals surface area (Å²) in [7, 11) is 0. The van der Waals surface area contributed by atoms with Crippen LogP contribution in [0.2, 0.25) is 0 Å². The number of hydrogen-bond acceptors (Lipinski definition) is 5. The van der Waals surface area contributed by atoms with Crippen molar-refractivity contribution in [2.24, 2.45) is 0 Å². The SMILES string of the molecule is c1cc(N2CCCCC2)c2cc(-c3cnc4c(c3)CNN4)ccc2n1. The van der Waals surface area contributed by atoms with Crippen LogP contribution in [0.3, 0.4) is 0 Å². The summed E-state index contributed by atoms with van der Waals surface area (Å²) < 4.78 is 0. The summed E-state index contributed by atoms with van der Waals surface area (Å²) in [4.78, 5) is 11.6. The number of benzene rings is 1. The molecular formula is C20H21N5. The summed E-state index contributed by atoms with van der Waals surface area (Å²) >= 11 is 0. The van der Waals surface area contributed by atoms with Gasteiger partial charge in [-0.2, -0.15) is 0 Å². The number of hydrogen-bond donors (Lipinski definition) is 2. The largest absolute Gasteiger partial charge is 0.371 e. The molecule has 3 aromatic rings. The van der Waals surface area contributed by atoms with Gasteiger partial charge < -0.3 is 10.3 Å². The zero-order chi connectivity index (χ0) is 16.6. The van der Waals surface area contributed by atoms with Gasteiger partial charge in [0.2, 0.25) is 0 Å². The van der Waals surface area contributed by atoms with Crippen LogP contribution in [0.5, 0.6) is 0 Å². The third kappa shape index (κ3) is 2.61. The fraction of sp³-hybridized carbons (Fsp3) is 0.300. The second-order valence-corrected chi connectivity index (χ2v) is 6.82. The van der Waals surface area contributed by atoms with E-state index in [9.17, 15) is 0 Å². The average molecular weight is 331 g/mol. The molecule has 1 aromatic carbocycles. The number of aromatic nitrogens is 2. The Morgan fingerprint density at radius 1 is 0.920 bits per heavy atom. The van der Waals surface area contributed by atoms with E-state index in [0.29, 0.717) is 0 Å². The van der Waals surface area contributed by atoms with Gasteiger partial charge in [-0.15, -0.1) is 0 Å². The summed E-state index contributed by atoms with van der Waals surface area (Å²) in [6, 6.07) is 10.9. The maximum Gasteiger partial charge on any atom is 0.144 e. The monoisotopic (exact) mass is 331 g/mol. The van der Waals surface area contributed by atoms with Crippen LogP contribution in [-0.2, 0) is 6.54 Å². The molecule has 5 heteroatoms. The molecule has 0 radical (unpaired) electrons. The van der Waals surface area contributed by atoms with Gasteiger partial charge in [-0.05, 0) is 49.1 Å². The third-order valence-corrected chi connectivity index (χ3v) is 5.20. The molecule has 2 aliphatic heterocycles. The molecule has 4 heterocycles. The van der Waals surface area contributed by atoms with Gasteiger partial charge in [0.25, 0.3) is 0 Å². The highest BCUT2D eigenvalue weighted by atomic mass is 15.4. The van der Waals surface area contributed by atoms with Gasteiger partial charge in [0.15, 0.2) is 0 Å². The van der Waals surface area contributed by atoms with E-state index in [1.54, 1.807) is 0 Å². The topological polar surface area (TPSA) is 53.1 Å². The first-order chi connectivity index (χ1) is 12.4. The molecule has 0 atom stereocenters. The number of nitrogens with zero attached hydrogens (tertiary/aromatic N) is 3. The normalized spacial score (nSPS) is 16.7. The maximum atomic E-state index is 4.57. The lowest BCUT2D eigenvalue weighted by Crippen LogP contribution is -2.29. The molecule has 5 rings (SSSR count). The lowest BCUT2D eigenvalue weighted by atomic mass is 10.0. The zero-order valence-electron chi connectivity index (χ0n) is 14.1. The zero-order valence-corrected chi connectivity index (χ0v) is 14.1. The Hall–Kier alpha value is -2.66. The quantitative estimate of drug-likeness (QED) is 0.749. The molecule has 126 valence electrons. The molecule has 1 fully saturated rings. The summed E-state index contributed by atoms with van der Waals surface area (Å²) in [5.41, 5.74) is 12.1. The number of fused-ring (bicyclic) bond motifs is 2. The first kappa shape index (κ1) is 14.7. The number of nitrogens with one attached hydrogen (secondary N) is 2. The van der Waals surface area contributed by atoms with E-state index in [2.05, 4.69) is 56.1 Å². The molecular weight excluding hydrogens is 310 g/mol. The number of anilines is 2. The van der Waals surface area contributed by atoms with Crippen molar-refractivity contribution in [2.45, 2.75) is 25.8 Å². The van der Waals surface area contributed by atoms with Crippen LogP contribution in [0, 0.1) is 0 Å². The van der Waals surface area contributed by atoms with Crippen molar-refractivity contribution in [2.75, 3.05) is 23.4 Å². The number of hydrazine groups is 1. The fourth-order valence-corrected chi connectivity index (χ4v) is 3.86. The summed E-state index contributed by atoms with van der Waals surface area (Å²) in [5, 5.41) is 1.23. The lowest BCUT2D eigenvalue weighted by molar-refractivity contribution is 0.579. The summed E-state index contributed by atoms with van der Waals surface area (Å²) in [6.45, 7) is 3.09. The molecule has 0 amide bonds. The van der Waals surface area contributed by atoms with Crippen LogP contribution in [0.4, 0.5) is 11.5 Å². The van der Waals surface area contributed by atoms with Crippen molar-refractivity contribution >= 4 is 22.4 Å². The second-order valence-electron chi connectivity index (χ2n) is 6.82. The van der Waals surface area contributed by atoms with Gasteiger partial charge in [-0.25, -0.2) is 10.4 Å². The van der Waals surface area contributed by atoms with Crippen LogP contribution in [0.15, 0.2) is 42.7 Å². The van der Waals surface area contributed by atoms with E-state index in [1.165, 1.54) is 41.5 Å². The first-order valence-corrected chi connectivity index (χ1v) is 9.00. The van der Waals surface area contributed by atoms with Crippen molar-refractivity contribution in [3.63, 3.8) is 0 Å². The van der Waals surface area contributed by atoms with Crippen molar-refractivity contribution < 1.29 is 0 Å². The highest BCUT2D eigenvalue weighted by Gasteiger charge is 2.16. The van der Waals surface area contributed by atoms with Crippen molar-refractivity contribution in [3.05, 3.63) is 48.3 Å². The van der Waals surface area contributed by atoms with Crippen molar-refractivity contribution in [1.29, 1.82) is 0 Å². The van der Waals surface area contributed by atoms with Crippen LogP contribution < -0.4 is 15.8 Å². The lowest BCUT2D eigenvalue weighted by Gasteiger charge is -2.29. The van der Waals surface area contributed by atoms with Crippen LogP contribution in [0.1, 0.15) is 24.8 Å². The number of rotatable bonds is 2. The molecule has 0 unspecified atom stereocenters. The first-order valence-electron chi connectivity index (χ1n) is 9.00. The molecule has 2 aliphatic rings. The molecule has 0 bridgehead atoms. The summed E-state index contributed by atoms with van der Waals surface area (Å²) in [5.74, 6) is 0.931. The van der Waals surface area contributed by atoms with Gasteiger partial charge in [0, 0.05) is 54.2 Å². The van der Waals surface area contributed by atoms with E-state index in [0.717, 1.165) is 36.5 Å². The molecule has 0 saturated carbocycles. The highest BCUT2D eigenvalue weighted by Crippen LogP contribution is 2.32. The minimum Gasteiger partial charge on any atom is -0.371 e. The second kappa shape index (κ2) is 6.01. The van der Waals surface area contributed by atoms with E-state index >= 15 is 0 Å². The number of pyridine rings is 2.